The Balaban J connectivity index is 2.12. The van der Waals surface area contributed by atoms with Gasteiger partial charge in [-0.15, -0.1) is 0 Å². The lowest BCUT2D eigenvalue weighted by molar-refractivity contribution is -0.0498. The fraction of sp³-hybridized carbons (Fsp3) is 0.188. The zero-order chi connectivity index (χ0) is 15.2. The molecule has 0 aliphatic carbocycles. The van der Waals surface area contributed by atoms with Crippen molar-refractivity contribution < 1.29 is 13.5 Å². The van der Waals surface area contributed by atoms with Gasteiger partial charge in [0.15, 0.2) is 0 Å². The van der Waals surface area contributed by atoms with Crippen molar-refractivity contribution in [3.8, 4) is 11.8 Å². The van der Waals surface area contributed by atoms with Crippen LogP contribution in [0.4, 0.5) is 14.5 Å². The molecule has 0 saturated heterocycles. The predicted molar refractivity (Wildman–Crippen MR) is 76.3 cm³/mol. The number of halogens is 2. The van der Waals surface area contributed by atoms with E-state index in [4.69, 9.17) is 5.26 Å². The first-order valence-corrected chi connectivity index (χ1v) is 6.40. The summed E-state index contributed by atoms with van der Waals surface area (Å²) in [5, 5.41) is 12.1. The predicted octanol–water partition coefficient (Wildman–Crippen LogP) is 4.33. The van der Waals surface area contributed by atoms with Gasteiger partial charge in [0.05, 0.1) is 11.6 Å². The molecule has 0 aliphatic heterocycles. The first-order valence-electron chi connectivity index (χ1n) is 6.40. The molecule has 2 aromatic rings. The van der Waals surface area contributed by atoms with E-state index in [2.05, 4.69) is 16.1 Å². The van der Waals surface area contributed by atoms with Crippen LogP contribution in [-0.4, -0.2) is 6.61 Å². The van der Waals surface area contributed by atoms with Crippen molar-refractivity contribution in [2.75, 3.05) is 5.32 Å². The van der Waals surface area contributed by atoms with Crippen LogP contribution in [0.5, 0.6) is 5.75 Å². The number of hydrogen-bond donors (Lipinski definition) is 1. The standard InChI is InChI=1S/C16H14F2N2O/c1-11(20-14-6-2-4-12(8-14)10-19)13-5-3-7-15(9-13)21-16(17)18/h2-9,11,16,20H,1H3/t11-/m1/s1. The smallest absolute Gasteiger partial charge is 0.387 e. The van der Waals surface area contributed by atoms with Gasteiger partial charge in [0.2, 0.25) is 0 Å². The second-order valence-corrected chi connectivity index (χ2v) is 4.51. The van der Waals surface area contributed by atoms with E-state index >= 15 is 0 Å². The zero-order valence-corrected chi connectivity index (χ0v) is 11.4. The van der Waals surface area contributed by atoms with Crippen molar-refractivity contribution in [1.29, 1.82) is 5.26 Å². The lowest BCUT2D eigenvalue weighted by atomic mass is 10.1. The van der Waals surface area contributed by atoms with Crippen molar-refractivity contribution >= 4 is 5.69 Å². The van der Waals surface area contributed by atoms with E-state index in [9.17, 15) is 8.78 Å². The Kier molecular flexibility index (Phi) is 4.72. The normalized spacial score (nSPS) is 11.8. The topological polar surface area (TPSA) is 45.0 Å². The molecule has 0 bridgehead atoms. The SMILES string of the molecule is C[C@@H](Nc1cccc(C#N)c1)c1cccc(OC(F)F)c1. The summed E-state index contributed by atoms with van der Waals surface area (Å²) >= 11 is 0. The fourth-order valence-corrected chi connectivity index (χ4v) is 1.97. The van der Waals surface area contributed by atoms with Crippen LogP contribution < -0.4 is 10.1 Å². The van der Waals surface area contributed by atoms with E-state index in [0.717, 1.165) is 11.3 Å². The van der Waals surface area contributed by atoms with Crippen LogP contribution in [0.1, 0.15) is 24.1 Å². The Labute approximate surface area is 121 Å². The van der Waals surface area contributed by atoms with Crippen LogP contribution in [-0.2, 0) is 0 Å². The molecule has 0 fully saturated rings. The fourth-order valence-electron chi connectivity index (χ4n) is 1.97. The summed E-state index contributed by atoms with van der Waals surface area (Å²) in [5.74, 6) is 0.127. The van der Waals surface area contributed by atoms with E-state index in [-0.39, 0.29) is 11.8 Å². The quantitative estimate of drug-likeness (QED) is 0.890. The zero-order valence-electron chi connectivity index (χ0n) is 11.4. The number of nitriles is 1. The van der Waals surface area contributed by atoms with E-state index in [1.54, 1.807) is 30.3 Å². The van der Waals surface area contributed by atoms with Gasteiger partial charge in [0.1, 0.15) is 5.75 Å². The molecule has 1 atom stereocenters. The summed E-state index contributed by atoms with van der Waals surface area (Å²) in [5.41, 5.74) is 2.17. The maximum absolute atomic E-state index is 12.2. The molecule has 2 rings (SSSR count). The summed E-state index contributed by atoms with van der Waals surface area (Å²) in [6, 6.07) is 15.6. The van der Waals surface area contributed by atoms with E-state index in [1.165, 1.54) is 6.07 Å². The highest BCUT2D eigenvalue weighted by Crippen LogP contribution is 2.24. The number of anilines is 1. The maximum atomic E-state index is 12.2. The van der Waals surface area contributed by atoms with Crippen LogP contribution >= 0.6 is 0 Å². The first kappa shape index (κ1) is 14.8. The number of rotatable bonds is 5. The van der Waals surface area contributed by atoms with Crippen LogP contribution in [0, 0.1) is 11.3 Å². The van der Waals surface area contributed by atoms with Crippen molar-refractivity contribution in [2.45, 2.75) is 19.6 Å². The molecule has 0 radical (unpaired) electrons. The molecule has 0 unspecified atom stereocenters. The van der Waals surface area contributed by atoms with E-state index in [0.29, 0.717) is 5.56 Å². The van der Waals surface area contributed by atoms with Crippen molar-refractivity contribution in [3.63, 3.8) is 0 Å². The molecule has 3 nitrogen and oxygen atoms in total. The van der Waals surface area contributed by atoms with Gasteiger partial charge in [-0.05, 0) is 42.8 Å². The van der Waals surface area contributed by atoms with Crippen molar-refractivity contribution in [3.05, 3.63) is 59.7 Å². The highest BCUT2D eigenvalue weighted by molar-refractivity contribution is 5.50. The van der Waals surface area contributed by atoms with Crippen LogP contribution in [0.2, 0.25) is 0 Å². The van der Waals surface area contributed by atoms with Gasteiger partial charge in [-0.3, -0.25) is 0 Å². The molecular formula is C16H14F2N2O. The van der Waals surface area contributed by atoms with Gasteiger partial charge in [0.25, 0.3) is 0 Å². The molecule has 2 aromatic carbocycles. The Bertz CT molecular complexity index is 653. The number of ether oxygens (including phenoxy) is 1. The average molecular weight is 288 g/mol. The Hall–Kier alpha value is -2.61. The van der Waals surface area contributed by atoms with Gasteiger partial charge >= 0.3 is 6.61 Å². The van der Waals surface area contributed by atoms with Crippen LogP contribution in [0.3, 0.4) is 0 Å². The first-order chi connectivity index (χ1) is 10.1. The number of nitrogens with one attached hydrogen (secondary N) is 1. The lowest BCUT2D eigenvalue weighted by Crippen LogP contribution is -2.08. The highest BCUT2D eigenvalue weighted by atomic mass is 19.3. The monoisotopic (exact) mass is 288 g/mol. The minimum atomic E-state index is -2.84. The van der Waals surface area contributed by atoms with E-state index < -0.39 is 6.61 Å². The summed E-state index contributed by atoms with van der Waals surface area (Å²) < 4.78 is 28.8. The molecule has 0 aliphatic rings. The van der Waals surface area contributed by atoms with Gasteiger partial charge in [-0.25, -0.2) is 0 Å². The summed E-state index contributed by atoms with van der Waals surface area (Å²) in [6.45, 7) is -0.934. The van der Waals surface area contributed by atoms with Crippen LogP contribution in [0.15, 0.2) is 48.5 Å². The van der Waals surface area contributed by atoms with Gasteiger partial charge in [0, 0.05) is 11.7 Å². The molecule has 21 heavy (non-hydrogen) atoms. The number of nitrogens with zero attached hydrogens (tertiary/aromatic N) is 1. The molecule has 0 amide bonds. The summed E-state index contributed by atoms with van der Waals surface area (Å²) in [6.07, 6.45) is 0. The average Bonchev–Trinajstić information content (AvgIpc) is 2.47. The third-order valence-corrected chi connectivity index (χ3v) is 2.96. The Morgan fingerprint density at radius 3 is 2.62 bits per heavy atom. The molecule has 5 heteroatoms. The minimum Gasteiger partial charge on any atom is -0.435 e. The van der Waals surface area contributed by atoms with E-state index in [1.807, 2.05) is 19.1 Å². The molecule has 108 valence electrons. The van der Waals surface area contributed by atoms with Crippen molar-refractivity contribution in [2.24, 2.45) is 0 Å². The maximum Gasteiger partial charge on any atom is 0.387 e. The third-order valence-electron chi connectivity index (χ3n) is 2.96. The second-order valence-electron chi connectivity index (χ2n) is 4.51. The number of alkyl halides is 2. The highest BCUT2D eigenvalue weighted by Gasteiger charge is 2.09. The number of hydrogen-bond acceptors (Lipinski definition) is 3. The summed E-state index contributed by atoms with van der Waals surface area (Å²) in [4.78, 5) is 0. The van der Waals surface area contributed by atoms with Gasteiger partial charge < -0.3 is 10.1 Å². The molecule has 0 heterocycles. The number of benzene rings is 2. The summed E-state index contributed by atoms with van der Waals surface area (Å²) in [7, 11) is 0. The molecule has 0 saturated carbocycles. The lowest BCUT2D eigenvalue weighted by Gasteiger charge is -2.17. The van der Waals surface area contributed by atoms with Gasteiger partial charge in [-0.2, -0.15) is 14.0 Å². The molecule has 0 spiro atoms. The third kappa shape index (κ3) is 4.18. The molecular weight excluding hydrogens is 274 g/mol. The minimum absolute atomic E-state index is 0.111. The largest absolute Gasteiger partial charge is 0.435 e. The molecule has 0 aromatic heterocycles. The van der Waals surface area contributed by atoms with Crippen LogP contribution in [0.25, 0.3) is 0 Å². The van der Waals surface area contributed by atoms with Crippen molar-refractivity contribution in [1.82, 2.24) is 0 Å². The van der Waals surface area contributed by atoms with Gasteiger partial charge in [-0.1, -0.05) is 18.2 Å². The Morgan fingerprint density at radius 2 is 1.90 bits per heavy atom. The molecule has 1 N–H and O–H groups in total. The second kappa shape index (κ2) is 6.71. The Morgan fingerprint density at radius 1 is 1.14 bits per heavy atom.